The van der Waals surface area contributed by atoms with Crippen LogP contribution in [0.25, 0.3) is 22.0 Å². The Morgan fingerprint density at radius 2 is 1.68 bits per heavy atom. The molecule has 140 valence electrons. The number of nitrogens with one attached hydrogen (secondary N) is 1. The van der Waals surface area contributed by atoms with Gasteiger partial charge >= 0.3 is 0 Å². The summed E-state index contributed by atoms with van der Waals surface area (Å²) in [5, 5.41) is 3.89. The summed E-state index contributed by atoms with van der Waals surface area (Å²) in [6.45, 7) is 3.73. The predicted octanol–water partition coefficient (Wildman–Crippen LogP) is 4.54. The maximum Gasteiger partial charge on any atom is 0.292 e. The first-order valence-corrected chi connectivity index (χ1v) is 9.52. The molecule has 0 radical (unpaired) electrons. The fourth-order valence-electron chi connectivity index (χ4n) is 3.78. The van der Waals surface area contributed by atoms with E-state index in [1.54, 1.807) is 0 Å². The van der Waals surface area contributed by atoms with Gasteiger partial charge in [-0.3, -0.25) is 4.79 Å². The highest BCUT2D eigenvalue weighted by Crippen LogP contribution is 2.30. The third-order valence-electron chi connectivity index (χ3n) is 5.24. The van der Waals surface area contributed by atoms with Crippen molar-refractivity contribution in [1.29, 1.82) is 0 Å². The molecular formula is C22H20N4O2. The van der Waals surface area contributed by atoms with Crippen LogP contribution in [0.4, 0.5) is 11.6 Å². The van der Waals surface area contributed by atoms with Crippen molar-refractivity contribution in [2.45, 2.75) is 19.8 Å². The number of amides is 1. The molecule has 6 heteroatoms. The number of aryl methyl sites for hydroxylation is 1. The number of furan rings is 1. The largest absolute Gasteiger partial charge is 0.451 e. The minimum Gasteiger partial charge on any atom is -0.451 e. The van der Waals surface area contributed by atoms with Gasteiger partial charge in [-0.05, 0) is 38.0 Å². The van der Waals surface area contributed by atoms with E-state index in [-0.39, 0.29) is 5.91 Å². The normalized spacial score (nSPS) is 14.1. The van der Waals surface area contributed by atoms with Gasteiger partial charge in [0.2, 0.25) is 0 Å². The molecule has 0 unspecified atom stereocenters. The number of nitrogens with zero attached hydrogens (tertiary/aromatic N) is 3. The molecule has 1 N–H and O–H groups in total. The molecule has 2 aromatic carbocycles. The molecule has 0 bridgehead atoms. The first kappa shape index (κ1) is 16.7. The molecule has 5 rings (SSSR count). The number of aromatic nitrogens is 2. The Balaban J connectivity index is 1.56. The molecule has 1 saturated heterocycles. The van der Waals surface area contributed by atoms with E-state index < -0.39 is 0 Å². The molecule has 0 spiro atoms. The molecule has 0 atom stereocenters. The van der Waals surface area contributed by atoms with Gasteiger partial charge in [-0.25, -0.2) is 9.97 Å². The van der Waals surface area contributed by atoms with Crippen molar-refractivity contribution in [2.24, 2.45) is 0 Å². The van der Waals surface area contributed by atoms with E-state index in [2.05, 4.69) is 10.2 Å². The number of carbonyl (C=O) groups excluding carboxylic acids is 1. The van der Waals surface area contributed by atoms with E-state index in [1.165, 1.54) is 0 Å². The van der Waals surface area contributed by atoms with Crippen LogP contribution < -0.4 is 10.2 Å². The zero-order valence-corrected chi connectivity index (χ0v) is 15.6. The molecule has 4 aromatic rings. The molecule has 3 heterocycles. The number of rotatable bonds is 3. The quantitative estimate of drug-likeness (QED) is 0.572. The molecular weight excluding hydrogens is 352 g/mol. The van der Waals surface area contributed by atoms with E-state index in [0.717, 1.165) is 53.7 Å². The Hall–Kier alpha value is -3.41. The van der Waals surface area contributed by atoms with Crippen molar-refractivity contribution in [3.63, 3.8) is 0 Å². The molecule has 1 aliphatic rings. The van der Waals surface area contributed by atoms with Gasteiger partial charge in [0, 0.05) is 24.0 Å². The standard InChI is InChI=1S/C22H20N4O2/c1-14-15-8-2-5-11-18(15)28-19(14)22(27)25-20-21(26-12-6-7-13-26)24-17-10-4-3-9-16(17)23-20/h2-5,8-11H,6-7,12-13H2,1H3,(H,23,25,27). The second-order valence-electron chi connectivity index (χ2n) is 7.09. The number of para-hydroxylation sites is 3. The van der Waals surface area contributed by atoms with Crippen LogP contribution in [-0.2, 0) is 0 Å². The Labute approximate surface area is 162 Å². The zero-order valence-electron chi connectivity index (χ0n) is 15.6. The summed E-state index contributed by atoms with van der Waals surface area (Å²) < 4.78 is 5.81. The second kappa shape index (κ2) is 6.64. The van der Waals surface area contributed by atoms with E-state index in [4.69, 9.17) is 14.4 Å². The summed E-state index contributed by atoms with van der Waals surface area (Å²) >= 11 is 0. The Kier molecular flexibility index (Phi) is 3.97. The number of fused-ring (bicyclic) bond motifs is 2. The molecule has 1 aliphatic heterocycles. The summed E-state index contributed by atoms with van der Waals surface area (Å²) in [4.78, 5) is 24.7. The number of benzene rings is 2. The molecule has 0 saturated carbocycles. The van der Waals surface area contributed by atoms with Crippen molar-refractivity contribution in [3.05, 3.63) is 59.9 Å². The topological polar surface area (TPSA) is 71.3 Å². The van der Waals surface area contributed by atoms with Gasteiger partial charge in [-0.15, -0.1) is 0 Å². The zero-order chi connectivity index (χ0) is 19.1. The van der Waals surface area contributed by atoms with Crippen LogP contribution in [0.3, 0.4) is 0 Å². The highest BCUT2D eigenvalue weighted by atomic mass is 16.3. The Morgan fingerprint density at radius 3 is 2.43 bits per heavy atom. The van der Waals surface area contributed by atoms with Crippen LogP contribution in [0.1, 0.15) is 29.0 Å². The lowest BCUT2D eigenvalue weighted by Crippen LogP contribution is -2.23. The van der Waals surface area contributed by atoms with Gasteiger partial charge in [0.15, 0.2) is 17.4 Å². The number of anilines is 2. The summed E-state index contributed by atoms with van der Waals surface area (Å²) in [5.41, 5.74) is 3.10. The summed E-state index contributed by atoms with van der Waals surface area (Å²) in [6.07, 6.45) is 2.23. The third kappa shape index (κ3) is 2.78. The lowest BCUT2D eigenvalue weighted by atomic mass is 10.1. The number of hydrogen-bond donors (Lipinski definition) is 1. The Bertz CT molecular complexity index is 1190. The minimum absolute atomic E-state index is 0.307. The monoisotopic (exact) mass is 372 g/mol. The maximum absolute atomic E-state index is 13.0. The summed E-state index contributed by atoms with van der Waals surface area (Å²) in [5.74, 6) is 1.20. The van der Waals surface area contributed by atoms with Crippen molar-refractivity contribution in [3.8, 4) is 0 Å². The summed E-state index contributed by atoms with van der Waals surface area (Å²) in [6, 6.07) is 15.4. The third-order valence-corrected chi connectivity index (χ3v) is 5.24. The molecule has 1 fully saturated rings. The number of carbonyl (C=O) groups is 1. The van der Waals surface area contributed by atoms with Crippen LogP contribution in [0.15, 0.2) is 52.9 Å². The highest BCUT2D eigenvalue weighted by Gasteiger charge is 2.23. The van der Waals surface area contributed by atoms with Crippen LogP contribution in [-0.4, -0.2) is 29.0 Å². The van der Waals surface area contributed by atoms with Gasteiger partial charge < -0.3 is 14.6 Å². The van der Waals surface area contributed by atoms with Crippen molar-refractivity contribution < 1.29 is 9.21 Å². The van der Waals surface area contributed by atoms with Crippen LogP contribution in [0.5, 0.6) is 0 Å². The smallest absolute Gasteiger partial charge is 0.292 e. The average Bonchev–Trinajstić information content (AvgIpc) is 3.36. The van der Waals surface area contributed by atoms with Crippen LogP contribution in [0.2, 0.25) is 0 Å². The van der Waals surface area contributed by atoms with Crippen LogP contribution in [0, 0.1) is 6.92 Å². The SMILES string of the molecule is Cc1c(C(=O)Nc2nc3ccccc3nc2N2CCCC2)oc2ccccc12. The van der Waals surface area contributed by atoms with E-state index in [9.17, 15) is 4.79 Å². The van der Waals surface area contributed by atoms with E-state index in [1.807, 2.05) is 55.5 Å². The first-order chi connectivity index (χ1) is 13.7. The van der Waals surface area contributed by atoms with Gasteiger partial charge in [0.05, 0.1) is 11.0 Å². The van der Waals surface area contributed by atoms with Gasteiger partial charge in [0.1, 0.15) is 5.58 Å². The maximum atomic E-state index is 13.0. The molecule has 1 amide bonds. The fourth-order valence-corrected chi connectivity index (χ4v) is 3.78. The van der Waals surface area contributed by atoms with Gasteiger partial charge in [-0.1, -0.05) is 30.3 Å². The minimum atomic E-state index is -0.307. The average molecular weight is 372 g/mol. The van der Waals surface area contributed by atoms with Gasteiger partial charge in [0.25, 0.3) is 5.91 Å². The summed E-state index contributed by atoms with van der Waals surface area (Å²) in [7, 11) is 0. The van der Waals surface area contributed by atoms with E-state index in [0.29, 0.717) is 17.2 Å². The van der Waals surface area contributed by atoms with E-state index >= 15 is 0 Å². The Morgan fingerprint density at radius 1 is 1.00 bits per heavy atom. The van der Waals surface area contributed by atoms with Crippen molar-refractivity contribution in [2.75, 3.05) is 23.3 Å². The van der Waals surface area contributed by atoms with Gasteiger partial charge in [-0.2, -0.15) is 0 Å². The molecule has 28 heavy (non-hydrogen) atoms. The molecule has 6 nitrogen and oxygen atoms in total. The lowest BCUT2D eigenvalue weighted by molar-refractivity contribution is 0.0997. The first-order valence-electron chi connectivity index (χ1n) is 9.52. The van der Waals surface area contributed by atoms with Crippen molar-refractivity contribution in [1.82, 2.24) is 9.97 Å². The molecule has 0 aliphatic carbocycles. The predicted molar refractivity (Wildman–Crippen MR) is 110 cm³/mol. The number of hydrogen-bond acceptors (Lipinski definition) is 5. The fraction of sp³-hybridized carbons (Fsp3) is 0.227. The van der Waals surface area contributed by atoms with Crippen molar-refractivity contribution >= 4 is 39.5 Å². The highest BCUT2D eigenvalue weighted by molar-refractivity contribution is 6.07. The molecule has 2 aromatic heterocycles. The second-order valence-corrected chi connectivity index (χ2v) is 7.09. The van der Waals surface area contributed by atoms with Crippen LogP contribution >= 0.6 is 0 Å². The lowest BCUT2D eigenvalue weighted by Gasteiger charge is -2.20.